The second-order valence-corrected chi connectivity index (χ2v) is 11.3. The van der Waals surface area contributed by atoms with E-state index < -0.39 is 34.2 Å². The number of carbonyl (C=O) groups excluding carboxylic acids is 2. The van der Waals surface area contributed by atoms with Crippen LogP contribution in [0.5, 0.6) is 11.5 Å². The van der Waals surface area contributed by atoms with Crippen molar-refractivity contribution >= 4 is 39.4 Å². The minimum absolute atomic E-state index is 0.0287. The van der Waals surface area contributed by atoms with Crippen molar-refractivity contribution in [1.82, 2.24) is 5.43 Å². The lowest BCUT2D eigenvalue weighted by Gasteiger charge is -2.25. The van der Waals surface area contributed by atoms with Crippen LogP contribution < -0.4 is 24.5 Å². The molecule has 0 saturated carbocycles. The number of sulfonamides is 1. The van der Waals surface area contributed by atoms with Gasteiger partial charge in [-0.3, -0.25) is 13.9 Å². The highest BCUT2D eigenvalue weighted by molar-refractivity contribution is 7.92. The second kappa shape index (κ2) is 14.8. The fraction of sp³-hybridized carbons (Fsp3) is 0.156. The van der Waals surface area contributed by atoms with Gasteiger partial charge >= 0.3 is 0 Å². The van der Waals surface area contributed by atoms with Crippen LogP contribution in [-0.2, 0) is 19.6 Å². The summed E-state index contributed by atoms with van der Waals surface area (Å²) in [6.07, 6.45) is 1.38. The molecule has 4 aromatic carbocycles. The minimum Gasteiger partial charge on any atom is -0.492 e. The van der Waals surface area contributed by atoms with Gasteiger partial charge in [0, 0.05) is 5.69 Å². The van der Waals surface area contributed by atoms with Crippen LogP contribution >= 0.6 is 0 Å². The molecular weight excluding hydrogens is 587 g/mol. The average molecular weight is 619 g/mol. The molecule has 2 N–H and O–H groups in total. The number of para-hydroxylation sites is 2. The van der Waals surface area contributed by atoms with Gasteiger partial charge in [0.25, 0.3) is 21.8 Å². The van der Waals surface area contributed by atoms with E-state index in [9.17, 15) is 22.4 Å². The first-order valence-corrected chi connectivity index (χ1v) is 15.0. The monoisotopic (exact) mass is 618 g/mol. The number of hydrogen-bond donors (Lipinski definition) is 2. The van der Waals surface area contributed by atoms with Crippen LogP contribution in [0.4, 0.5) is 15.8 Å². The summed E-state index contributed by atoms with van der Waals surface area (Å²) in [6.45, 7) is 3.13. The van der Waals surface area contributed by atoms with Crippen molar-refractivity contribution in [2.45, 2.75) is 18.7 Å². The SMILES string of the molecule is CCOc1ccccc1N(CC(=O)N/N=C\c1ccc(OCC(=O)Nc2ccc(F)cc2)cc1)S(=O)(=O)c1ccc(C)cc1. The molecule has 44 heavy (non-hydrogen) atoms. The van der Waals surface area contributed by atoms with Crippen molar-refractivity contribution in [3.8, 4) is 11.5 Å². The number of ether oxygens (including phenoxy) is 2. The molecule has 0 aliphatic rings. The molecule has 4 aromatic rings. The third-order valence-electron chi connectivity index (χ3n) is 6.11. The van der Waals surface area contributed by atoms with Gasteiger partial charge < -0.3 is 14.8 Å². The molecule has 0 bridgehead atoms. The first-order valence-electron chi connectivity index (χ1n) is 13.6. The van der Waals surface area contributed by atoms with Gasteiger partial charge in [0.1, 0.15) is 23.9 Å². The minimum atomic E-state index is -4.14. The van der Waals surface area contributed by atoms with Crippen LogP contribution in [0.3, 0.4) is 0 Å². The highest BCUT2D eigenvalue weighted by Gasteiger charge is 2.29. The molecule has 0 aliphatic heterocycles. The van der Waals surface area contributed by atoms with E-state index in [0.717, 1.165) is 9.87 Å². The quantitative estimate of drug-likeness (QED) is 0.162. The highest BCUT2D eigenvalue weighted by Crippen LogP contribution is 2.32. The second-order valence-electron chi connectivity index (χ2n) is 9.43. The molecule has 10 nitrogen and oxygen atoms in total. The molecule has 12 heteroatoms. The Hall–Kier alpha value is -5.23. The number of hydrazone groups is 1. The highest BCUT2D eigenvalue weighted by atomic mass is 32.2. The van der Waals surface area contributed by atoms with Crippen LogP contribution in [0.1, 0.15) is 18.1 Å². The van der Waals surface area contributed by atoms with Gasteiger partial charge in [-0.05, 0) is 92.2 Å². The molecule has 0 spiro atoms. The van der Waals surface area contributed by atoms with Crippen LogP contribution in [0, 0.1) is 12.7 Å². The summed E-state index contributed by atoms with van der Waals surface area (Å²) in [6, 6.07) is 24.9. The standard InChI is InChI=1S/C32H31FN4O6S/c1-3-42-30-7-5-4-6-29(30)37(44(40,41)28-18-8-23(2)9-19-28)21-31(38)36-34-20-24-10-16-27(17-11-24)43-22-32(39)35-26-14-12-25(33)13-15-26/h4-20H,3,21-22H2,1-2H3,(H,35,39)(H,36,38)/b34-20-. The van der Waals surface area contributed by atoms with Crippen molar-refractivity contribution in [2.75, 3.05) is 29.4 Å². The van der Waals surface area contributed by atoms with Crippen LogP contribution in [0.15, 0.2) is 107 Å². The predicted molar refractivity (Wildman–Crippen MR) is 166 cm³/mol. The lowest BCUT2D eigenvalue weighted by molar-refractivity contribution is -0.119. The zero-order valence-electron chi connectivity index (χ0n) is 24.1. The third kappa shape index (κ3) is 8.65. The fourth-order valence-electron chi connectivity index (χ4n) is 3.95. The Bertz CT molecular complexity index is 1710. The summed E-state index contributed by atoms with van der Waals surface area (Å²) in [5.41, 5.74) is 4.54. The Morgan fingerprint density at radius 1 is 0.886 bits per heavy atom. The van der Waals surface area contributed by atoms with Crippen molar-refractivity contribution in [2.24, 2.45) is 5.10 Å². The number of benzene rings is 4. The van der Waals surface area contributed by atoms with E-state index in [1.807, 2.05) is 6.92 Å². The molecule has 0 saturated heterocycles. The Morgan fingerprint density at radius 3 is 2.25 bits per heavy atom. The van der Waals surface area contributed by atoms with E-state index in [0.29, 0.717) is 29.4 Å². The van der Waals surface area contributed by atoms with E-state index in [1.165, 1.54) is 42.6 Å². The topological polar surface area (TPSA) is 126 Å². The van der Waals surface area contributed by atoms with Crippen LogP contribution in [0.2, 0.25) is 0 Å². The normalized spacial score (nSPS) is 11.2. The molecular formula is C32H31FN4O6S. The summed E-state index contributed by atoms with van der Waals surface area (Å²) in [7, 11) is -4.14. The maximum atomic E-state index is 13.7. The third-order valence-corrected chi connectivity index (χ3v) is 7.88. The molecule has 0 aliphatic carbocycles. The first-order chi connectivity index (χ1) is 21.2. The Balaban J connectivity index is 1.38. The van der Waals surface area contributed by atoms with E-state index in [2.05, 4.69) is 15.8 Å². The number of carbonyl (C=O) groups is 2. The summed E-state index contributed by atoms with van der Waals surface area (Å²) < 4.78 is 52.5. The smallest absolute Gasteiger partial charge is 0.264 e. The summed E-state index contributed by atoms with van der Waals surface area (Å²) in [5, 5.41) is 6.56. The molecule has 0 radical (unpaired) electrons. The number of hydrogen-bond acceptors (Lipinski definition) is 7. The number of rotatable bonds is 13. The molecule has 228 valence electrons. The number of aryl methyl sites for hydroxylation is 1. The lowest BCUT2D eigenvalue weighted by atomic mass is 10.2. The zero-order valence-corrected chi connectivity index (χ0v) is 24.9. The molecule has 0 heterocycles. The van der Waals surface area contributed by atoms with E-state index in [4.69, 9.17) is 9.47 Å². The molecule has 0 fully saturated rings. The molecule has 0 aromatic heterocycles. The zero-order chi connectivity index (χ0) is 31.5. The van der Waals surface area contributed by atoms with Gasteiger partial charge in [0.05, 0.1) is 23.4 Å². The van der Waals surface area contributed by atoms with Gasteiger partial charge in [0.2, 0.25) is 0 Å². The Labute approximate surface area is 255 Å². The van der Waals surface area contributed by atoms with Crippen molar-refractivity contribution in [3.63, 3.8) is 0 Å². The average Bonchev–Trinajstić information content (AvgIpc) is 3.01. The van der Waals surface area contributed by atoms with Gasteiger partial charge in [0.15, 0.2) is 6.61 Å². The number of anilines is 2. The Kier molecular flexibility index (Phi) is 10.7. The maximum absolute atomic E-state index is 13.7. The summed E-state index contributed by atoms with van der Waals surface area (Å²) >= 11 is 0. The van der Waals surface area contributed by atoms with Crippen LogP contribution in [-0.4, -0.2) is 46.2 Å². The summed E-state index contributed by atoms with van der Waals surface area (Å²) in [5.74, 6) is -0.746. The van der Waals surface area contributed by atoms with Crippen molar-refractivity contribution in [1.29, 1.82) is 0 Å². The van der Waals surface area contributed by atoms with Gasteiger partial charge in [-0.25, -0.2) is 18.2 Å². The number of halogens is 1. The molecule has 2 amide bonds. The van der Waals surface area contributed by atoms with Gasteiger partial charge in [-0.1, -0.05) is 29.8 Å². The Morgan fingerprint density at radius 2 is 1.57 bits per heavy atom. The van der Waals surface area contributed by atoms with E-state index in [1.54, 1.807) is 67.6 Å². The van der Waals surface area contributed by atoms with Gasteiger partial charge in [-0.15, -0.1) is 0 Å². The molecule has 0 atom stereocenters. The van der Waals surface area contributed by atoms with E-state index >= 15 is 0 Å². The fourth-order valence-corrected chi connectivity index (χ4v) is 5.38. The molecule has 4 rings (SSSR count). The van der Waals surface area contributed by atoms with Crippen LogP contribution in [0.25, 0.3) is 0 Å². The van der Waals surface area contributed by atoms with E-state index in [-0.39, 0.29) is 17.2 Å². The van der Waals surface area contributed by atoms with Gasteiger partial charge in [-0.2, -0.15) is 5.10 Å². The number of nitrogens with one attached hydrogen (secondary N) is 2. The van der Waals surface area contributed by atoms with Crippen molar-refractivity contribution in [3.05, 3.63) is 114 Å². The maximum Gasteiger partial charge on any atom is 0.264 e. The summed E-state index contributed by atoms with van der Waals surface area (Å²) in [4.78, 5) is 25.0. The molecule has 0 unspecified atom stereocenters. The lowest BCUT2D eigenvalue weighted by Crippen LogP contribution is -2.39. The number of amides is 2. The van der Waals surface area contributed by atoms with Crippen molar-refractivity contribution < 1.29 is 31.9 Å². The largest absolute Gasteiger partial charge is 0.492 e. The predicted octanol–water partition coefficient (Wildman–Crippen LogP) is 4.90. The first kappa shape index (κ1) is 31.7. The number of nitrogens with zero attached hydrogens (tertiary/aromatic N) is 2.